The Bertz CT molecular complexity index is 757. The number of halogens is 1. The number of hydrogen-bond acceptors (Lipinski definition) is 5. The number of ether oxygens (including phenoxy) is 1. The zero-order valence-electron chi connectivity index (χ0n) is 16.1. The van der Waals surface area contributed by atoms with Crippen LogP contribution < -0.4 is 0 Å². The molecule has 1 amide bonds. The van der Waals surface area contributed by atoms with Gasteiger partial charge in [0.05, 0.1) is 12.1 Å². The van der Waals surface area contributed by atoms with E-state index < -0.39 is 6.10 Å². The van der Waals surface area contributed by atoms with Crippen LogP contribution in [0.5, 0.6) is 0 Å². The summed E-state index contributed by atoms with van der Waals surface area (Å²) < 4.78 is 6.16. The lowest BCUT2D eigenvalue weighted by atomic mass is 9.88. The molecule has 2 aliphatic heterocycles. The van der Waals surface area contributed by atoms with Gasteiger partial charge in [0.1, 0.15) is 12.4 Å². The molecule has 150 valence electrons. The van der Waals surface area contributed by atoms with E-state index in [1.165, 1.54) is 6.08 Å². The minimum Gasteiger partial charge on any atom is -0.360 e. The van der Waals surface area contributed by atoms with E-state index in [0.717, 1.165) is 44.6 Å². The van der Waals surface area contributed by atoms with Crippen molar-refractivity contribution in [2.45, 2.75) is 37.9 Å². The average Bonchev–Trinajstić information content (AvgIpc) is 2.69. The fourth-order valence-corrected chi connectivity index (χ4v) is 3.97. The zero-order valence-corrected chi connectivity index (χ0v) is 16.8. The number of likely N-dealkylation sites (tertiary alicyclic amines) is 1. The predicted molar refractivity (Wildman–Crippen MR) is 108 cm³/mol. The smallest absolute Gasteiger partial charge is 0.255 e. The van der Waals surface area contributed by atoms with Crippen molar-refractivity contribution in [2.75, 3.05) is 26.2 Å². The first-order chi connectivity index (χ1) is 13.5. The first-order valence-corrected chi connectivity index (χ1v) is 9.99. The van der Waals surface area contributed by atoms with Gasteiger partial charge in [0.25, 0.3) is 5.91 Å². The molecule has 1 aromatic heterocycles. The Balaban J connectivity index is 1.55. The van der Waals surface area contributed by atoms with E-state index in [2.05, 4.69) is 9.88 Å². The van der Waals surface area contributed by atoms with Crippen LogP contribution in [0, 0.1) is 0 Å². The second-order valence-corrected chi connectivity index (χ2v) is 7.77. The third-order valence-electron chi connectivity index (χ3n) is 5.31. The number of aldehydes is 1. The predicted octanol–water partition coefficient (Wildman–Crippen LogP) is 2.63. The Morgan fingerprint density at radius 2 is 2.11 bits per heavy atom. The molecule has 3 heterocycles. The highest BCUT2D eigenvalue weighted by Gasteiger charge is 2.44. The van der Waals surface area contributed by atoms with E-state index in [1.54, 1.807) is 35.5 Å². The number of carbonyl (C=O) groups is 2. The Hall–Kier alpha value is -2.02. The molecule has 0 aromatic carbocycles. The average molecular weight is 404 g/mol. The summed E-state index contributed by atoms with van der Waals surface area (Å²) in [5, 5.41) is 0.716. The van der Waals surface area contributed by atoms with Gasteiger partial charge in [-0.1, -0.05) is 17.7 Å². The van der Waals surface area contributed by atoms with Crippen LogP contribution in [0.15, 0.2) is 42.8 Å². The molecule has 1 atom stereocenters. The van der Waals surface area contributed by atoms with Crippen LogP contribution in [0.3, 0.4) is 0 Å². The van der Waals surface area contributed by atoms with Crippen LogP contribution in [0.25, 0.3) is 0 Å². The molecule has 7 heteroatoms. The standard InChI is InChI=1S/C21H26ClN3O3/c1-17-20(27)25(10-3-2-4-14-26)16-21(28-17)7-12-24(13-8-21)11-6-19-15-18(22)5-9-23-19/h2-5,9-10,14-15,17H,6-8,11-13,16H2,1H3/b4-2-,10-3+. The topological polar surface area (TPSA) is 62.7 Å². The third-order valence-corrected chi connectivity index (χ3v) is 5.55. The van der Waals surface area contributed by atoms with Gasteiger partial charge in [0, 0.05) is 49.2 Å². The van der Waals surface area contributed by atoms with Crippen molar-refractivity contribution < 1.29 is 14.3 Å². The molecule has 0 saturated carbocycles. The number of rotatable bonds is 6. The highest BCUT2D eigenvalue weighted by molar-refractivity contribution is 6.30. The van der Waals surface area contributed by atoms with Crippen molar-refractivity contribution in [3.05, 3.63) is 53.5 Å². The minimum atomic E-state index is -0.462. The van der Waals surface area contributed by atoms with E-state index in [-0.39, 0.29) is 11.5 Å². The number of carbonyl (C=O) groups excluding carboxylic acids is 2. The molecule has 1 unspecified atom stereocenters. The lowest BCUT2D eigenvalue weighted by Crippen LogP contribution is -2.60. The van der Waals surface area contributed by atoms with Crippen LogP contribution in [0.1, 0.15) is 25.5 Å². The number of pyridine rings is 1. The Kier molecular flexibility index (Phi) is 6.99. The number of allylic oxidation sites excluding steroid dienone is 3. The molecule has 28 heavy (non-hydrogen) atoms. The normalized spacial score (nSPS) is 23.1. The number of morpholine rings is 1. The number of hydrogen-bond donors (Lipinski definition) is 0. The van der Waals surface area contributed by atoms with E-state index in [0.29, 0.717) is 17.9 Å². The van der Waals surface area contributed by atoms with Crippen LogP contribution >= 0.6 is 11.6 Å². The maximum absolute atomic E-state index is 12.4. The fourth-order valence-electron chi connectivity index (χ4n) is 3.79. The number of amides is 1. The van der Waals surface area contributed by atoms with E-state index >= 15 is 0 Å². The Morgan fingerprint density at radius 1 is 1.32 bits per heavy atom. The second-order valence-electron chi connectivity index (χ2n) is 7.33. The van der Waals surface area contributed by atoms with Crippen molar-refractivity contribution in [1.82, 2.24) is 14.8 Å². The van der Waals surface area contributed by atoms with Gasteiger partial charge in [-0.25, -0.2) is 0 Å². The summed E-state index contributed by atoms with van der Waals surface area (Å²) in [7, 11) is 0. The summed E-state index contributed by atoms with van der Waals surface area (Å²) in [6, 6.07) is 3.70. The second kappa shape index (κ2) is 9.45. The van der Waals surface area contributed by atoms with Gasteiger partial charge in [-0.15, -0.1) is 0 Å². The minimum absolute atomic E-state index is 0.0455. The summed E-state index contributed by atoms with van der Waals surface area (Å²) in [5.74, 6) is -0.0455. The third kappa shape index (κ3) is 5.28. The molecule has 6 nitrogen and oxygen atoms in total. The van der Waals surface area contributed by atoms with Crippen LogP contribution in [0.4, 0.5) is 0 Å². The monoisotopic (exact) mass is 403 g/mol. The molecule has 2 fully saturated rings. The maximum Gasteiger partial charge on any atom is 0.255 e. The quantitative estimate of drug-likeness (QED) is 0.415. The van der Waals surface area contributed by atoms with E-state index in [4.69, 9.17) is 16.3 Å². The molecule has 2 aliphatic rings. The van der Waals surface area contributed by atoms with Crippen LogP contribution in [-0.2, 0) is 20.7 Å². The molecule has 0 radical (unpaired) electrons. The lowest BCUT2D eigenvalue weighted by Gasteiger charge is -2.48. The van der Waals surface area contributed by atoms with Crippen molar-refractivity contribution in [2.24, 2.45) is 0 Å². The van der Waals surface area contributed by atoms with Gasteiger partial charge in [-0.3, -0.25) is 14.6 Å². The van der Waals surface area contributed by atoms with Crippen molar-refractivity contribution >= 4 is 23.8 Å². The lowest BCUT2D eigenvalue weighted by molar-refractivity contribution is -0.184. The molecule has 0 N–H and O–H groups in total. The van der Waals surface area contributed by atoms with E-state index in [1.807, 2.05) is 13.0 Å². The molecule has 1 aromatic rings. The van der Waals surface area contributed by atoms with Crippen LogP contribution in [0.2, 0.25) is 5.02 Å². The van der Waals surface area contributed by atoms with Gasteiger partial charge < -0.3 is 14.5 Å². The SMILES string of the molecule is CC1OC2(CCN(CCc3cc(Cl)ccn3)CC2)CN(/C=C/C=C\C=O)C1=O. The van der Waals surface area contributed by atoms with Crippen LogP contribution in [-0.4, -0.2) is 64.9 Å². The zero-order chi connectivity index (χ0) is 20.0. The molecule has 1 spiro atoms. The number of nitrogens with zero attached hydrogens (tertiary/aromatic N) is 3. The van der Waals surface area contributed by atoms with Gasteiger partial charge in [0.15, 0.2) is 0 Å². The molecule has 3 rings (SSSR count). The summed E-state index contributed by atoms with van der Waals surface area (Å²) in [4.78, 5) is 31.3. The van der Waals surface area contributed by atoms with Gasteiger partial charge in [0.2, 0.25) is 0 Å². The number of piperidine rings is 1. The van der Waals surface area contributed by atoms with Gasteiger partial charge in [-0.2, -0.15) is 0 Å². The highest BCUT2D eigenvalue weighted by Crippen LogP contribution is 2.33. The fraction of sp³-hybridized carbons (Fsp3) is 0.476. The van der Waals surface area contributed by atoms with Crippen molar-refractivity contribution in [3.63, 3.8) is 0 Å². The first-order valence-electron chi connectivity index (χ1n) is 9.61. The molecule has 2 saturated heterocycles. The first kappa shape index (κ1) is 20.7. The Morgan fingerprint density at radius 3 is 2.82 bits per heavy atom. The van der Waals surface area contributed by atoms with E-state index in [9.17, 15) is 9.59 Å². The van der Waals surface area contributed by atoms with Crippen molar-refractivity contribution in [3.8, 4) is 0 Å². The summed E-state index contributed by atoms with van der Waals surface area (Å²) in [6.45, 7) is 5.12. The van der Waals surface area contributed by atoms with Gasteiger partial charge in [-0.05, 0) is 44.1 Å². The molecular formula is C21H26ClN3O3. The summed E-state index contributed by atoms with van der Waals surface area (Å²) >= 11 is 6.03. The molecular weight excluding hydrogens is 378 g/mol. The molecule has 0 bridgehead atoms. The highest BCUT2D eigenvalue weighted by atomic mass is 35.5. The number of aromatic nitrogens is 1. The summed E-state index contributed by atoms with van der Waals surface area (Å²) in [5.41, 5.74) is 0.692. The largest absolute Gasteiger partial charge is 0.360 e. The van der Waals surface area contributed by atoms with Crippen molar-refractivity contribution in [1.29, 1.82) is 0 Å². The summed E-state index contributed by atoms with van der Waals surface area (Å²) in [6.07, 6.45) is 11.1. The Labute approximate surface area is 170 Å². The molecule has 0 aliphatic carbocycles. The maximum atomic E-state index is 12.4. The van der Waals surface area contributed by atoms with Gasteiger partial charge >= 0.3 is 0 Å².